The van der Waals surface area contributed by atoms with E-state index in [1.165, 1.54) is 19.2 Å². The summed E-state index contributed by atoms with van der Waals surface area (Å²) in [6, 6.07) is 4.50. The number of H-pyrrole nitrogens is 1. The normalized spacial score (nSPS) is 11.1. The summed E-state index contributed by atoms with van der Waals surface area (Å²) >= 11 is 0. The SMILES string of the molecule is COc1ccc(F)c(NS(=O)(=O)c2c[nH]c(C(=O)O)c2)c1. The summed E-state index contributed by atoms with van der Waals surface area (Å²) in [7, 11) is -2.76. The fourth-order valence-corrected chi connectivity index (χ4v) is 2.62. The van der Waals surface area contributed by atoms with E-state index in [-0.39, 0.29) is 22.0 Å². The highest BCUT2D eigenvalue weighted by atomic mass is 32.2. The lowest BCUT2D eigenvalue weighted by atomic mass is 10.3. The van der Waals surface area contributed by atoms with Crippen LogP contribution in [-0.4, -0.2) is 31.6 Å². The second kappa shape index (κ2) is 5.44. The van der Waals surface area contributed by atoms with Crippen LogP contribution in [0.2, 0.25) is 0 Å². The highest BCUT2D eigenvalue weighted by Crippen LogP contribution is 2.24. The van der Waals surface area contributed by atoms with Crippen LogP contribution >= 0.6 is 0 Å². The van der Waals surface area contributed by atoms with Gasteiger partial charge in [-0.15, -0.1) is 0 Å². The van der Waals surface area contributed by atoms with Gasteiger partial charge in [0.15, 0.2) is 0 Å². The minimum atomic E-state index is -4.11. The molecule has 0 aliphatic carbocycles. The number of benzene rings is 1. The molecule has 1 aromatic carbocycles. The molecule has 2 rings (SSSR count). The number of carboxylic acids is 1. The number of ether oxygens (including phenoxy) is 1. The third-order valence-corrected chi connectivity index (χ3v) is 3.96. The third-order valence-electron chi connectivity index (χ3n) is 2.62. The molecule has 0 saturated carbocycles. The zero-order valence-electron chi connectivity index (χ0n) is 10.8. The molecule has 0 amide bonds. The van der Waals surface area contributed by atoms with Crippen molar-refractivity contribution >= 4 is 21.7 Å². The number of carbonyl (C=O) groups is 1. The van der Waals surface area contributed by atoms with Gasteiger partial charge in [0.25, 0.3) is 10.0 Å². The van der Waals surface area contributed by atoms with Crippen molar-refractivity contribution in [2.45, 2.75) is 4.90 Å². The van der Waals surface area contributed by atoms with Crippen LogP contribution in [0.4, 0.5) is 10.1 Å². The zero-order chi connectivity index (χ0) is 15.6. The Morgan fingerprint density at radius 1 is 1.38 bits per heavy atom. The number of hydrogen-bond acceptors (Lipinski definition) is 4. The lowest BCUT2D eigenvalue weighted by Crippen LogP contribution is -2.13. The Balaban J connectivity index is 2.34. The summed E-state index contributed by atoms with van der Waals surface area (Å²) in [6.07, 6.45) is 1.00. The molecule has 0 saturated heterocycles. The van der Waals surface area contributed by atoms with Gasteiger partial charge in [-0.05, 0) is 18.2 Å². The molecule has 0 aliphatic heterocycles. The van der Waals surface area contributed by atoms with Crippen LogP contribution in [0.15, 0.2) is 35.4 Å². The summed E-state index contributed by atoms with van der Waals surface area (Å²) in [5.41, 5.74) is -0.589. The Bertz CT molecular complexity index is 785. The molecule has 9 heteroatoms. The van der Waals surface area contributed by atoms with Gasteiger partial charge in [-0.25, -0.2) is 17.6 Å². The smallest absolute Gasteiger partial charge is 0.352 e. The van der Waals surface area contributed by atoms with Crippen molar-refractivity contribution in [3.05, 3.63) is 42.0 Å². The Kier molecular flexibility index (Phi) is 3.85. The third kappa shape index (κ3) is 3.14. The van der Waals surface area contributed by atoms with E-state index >= 15 is 0 Å². The maximum absolute atomic E-state index is 13.6. The van der Waals surface area contributed by atoms with Crippen LogP contribution in [0.25, 0.3) is 0 Å². The maximum Gasteiger partial charge on any atom is 0.352 e. The molecule has 0 aliphatic rings. The number of carboxylic acid groups (broad SMARTS) is 1. The number of nitrogens with one attached hydrogen (secondary N) is 2. The van der Waals surface area contributed by atoms with Crippen LogP contribution in [0, 0.1) is 5.82 Å². The molecule has 1 aromatic heterocycles. The van der Waals surface area contributed by atoms with Crippen molar-refractivity contribution in [1.29, 1.82) is 0 Å². The maximum atomic E-state index is 13.6. The molecule has 0 radical (unpaired) electrons. The largest absolute Gasteiger partial charge is 0.497 e. The Labute approximate surface area is 119 Å². The first-order valence-corrected chi connectivity index (χ1v) is 7.10. The van der Waals surface area contributed by atoms with Crippen LogP contribution in [0.3, 0.4) is 0 Å². The number of aromatic amines is 1. The summed E-state index contributed by atoms with van der Waals surface area (Å²) < 4.78 is 44.6. The second-order valence-electron chi connectivity index (χ2n) is 4.01. The Hall–Kier alpha value is -2.55. The van der Waals surface area contributed by atoms with Gasteiger partial charge in [0.2, 0.25) is 0 Å². The van der Waals surface area contributed by atoms with Gasteiger partial charge < -0.3 is 14.8 Å². The molecule has 2 aromatic rings. The van der Waals surface area contributed by atoms with E-state index in [4.69, 9.17) is 9.84 Å². The summed E-state index contributed by atoms with van der Waals surface area (Å²) in [5, 5.41) is 8.74. The van der Waals surface area contributed by atoms with Crippen molar-refractivity contribution in [2.75, 3.05) is 11.8 Å². The van der Waals surface area contributed by atoms with E-state index in [0.29, 0.717) is 0 Å². The average Bonchev–Trinajstić information content (AvgIpc) is 2.92. The molecular weight excluding hydrogens is 303 g/mol. The van der Waals surface area contributed by atoms with E-state index in [9.17, 15) is 17.6 Å². The molecule has 21 heavy (non-hydrogen) atoms. The fourth-order valence-electron chi connectivity index (χ4n) is 1.57. The average molecular weight is 314 g/mol. The number of anilines is 1. The van der Waals surface area contributed by atoms with Crippen molar-refractivity contribution in [3.63, 3.8) is 0 Å². The molecule has 1 heterocycles. The van der Waals surface area contributed by atoms with Gasteiger partial charge >= 0.3 is 5.97 Å². The Morgan fingerprint density at radius 3 is 2.67 bits per heavy atom. The number of aromatic nitrogens is 1. The van der Waals surface area contributed by atoms with Gasteiger partial charge in [-0.1, -0.05) is 0 Å². The molecule has 0 spiro atoms. The molecule has 3 N–H and O–H groups in total. The lowest BCUT2D eigenvalue weighted by Gasteiger charge is -2.09. The second-order valence-corrected chi connectivity index (χ2v) is 5.69. The first-order valence-electron chi connectivity index (χ1n) is 5.61. The number of methoxy groups -OCH3 is 1. The van der Waals surface area contributed by atoms with E-state index in [1.54, 1.807) is 0 Å². The van der Waals surface area contributed by atoms with E-state index in [2.05, 4.69) is 4.98 Å². The van der Waals surface area contributed by atoms with Crippen molar-refractivity contribution in [1.82, 2.24) is 4.98 Å². The van der Waals surface area contributed by atoms with Crippen molar-refractivity contribution < 1.29 is 27.4 Å². The summed E-state index contributed by atoms with van der Waals surface area (Å²) in [6.45, 7) is 0. The van der Waals surface area contributed by atoms with E-state index in [1.807, 2.05) is 4.72 Å². The van der Waals surface area contributed by atoms with E-state index in [0.717, 1.165) is 18.3 Å². The monoisotopic (exact) mass is 314 g/mol. The van der Waals surface area contributed by atoms with Crippen molar-refractivity contribution in [3.8, 4) is 5.75 Å². The minimum absolute atomic E-state index is 0.273. The van der Waals surface area contributed by atoms with E-state index < -0.39 is 21.8 Å². The molecular formula is C12H11FN2O5S. The molecule has 112 valence electrons. The van der Waals surface area contributed by atoms with Gasteiger partial charge in [-0.3, -0.25) is 4.72 Å². The van der Waals surface area contributed by atoms with Crippen LogP contribution in [0.1, 0.15) is 10.5 Å². The highest BCUT2D eigenvalue weighted by Gasteiger charge is 2.20. The molecule has 0 atom stereocenters. The highest BCUT2D eigenvalue weighted by molar-refractivity contribution is 7.92. The zero-order valence-corrected chi connectivity index (χ0v) is 11.6. The van der Waals surface area contributed by atoms with Gasteiger partial charge in [-0.2, -0.15) is 0 Å². The number of sulfonamides is 1. The predicted octanol–water partition coefficient (Wildman–Crippen LogP) is 1.66. The van der Waals surface area contributed by atoms with Gasteiger partial charge in [0.05, 0.1) is 12.8 Å². The quantitative estimate of drug-likeness (QED) is 0.778. The molecule has 0 bridgehead atoms. The predicted molar refractivity (Wildman–Crippen MR) is 71.5 cm³/mol. The first-order chi connectivity index (χ1) is 9.83. The molecule has 0 unspecified atom stereocenters. The lowest BCUT2D eigenvalue weighted by molar-refractivity contribution is 0.0691. The van der Waals surface area contributed by atoms with Crippen LogP contribution in [0.5, 0.6) is 5.75 Å². The standard InChI is InChI=1S/C12H11FN2O5S/c1-20-7-2-3-9(13)10(4-7)15-21(18,19)8-5-11(12(16)17)14-6-8/h2-6,14-15H,1H3,(H,16,17). The first kappa shape index (κ1) is 14.9. The van der Waals surface area contributed by atoms with Gasteiger partial charge in [0, 0.05) is 12.3 Å². The summed E-state index contributed by atoms with van der Waals surface area (Å²) in [4.78, 5) is 12.7. The van der Waals surface area contributed by atoms with Crippen LogP contribution < -0.4 is 9.46 Å². The number of hydrogen-bond donors (Lipinski definition) is 3. The number of aromatic carboxylic acids is 1. The Morgan fingerprint density at radius 2 is 2.10 bits per heavy atom. The number of rotatable bonds is 5. The minimum Gasteiger partial charge on any atom is -0.497 e. The molecule has 0 fully saturated rings. The topological polar surface area (TPSA) is 108 Å². The summed E-state index contributed by atoms with van der Waals surface area (Å²) in [5.74, 6) is -1.81. The fraction of sp³-hybridized carbons (Fsp3) is 0.0833. The van der Waals surface area contributed by atoms with Crippen LogP contribution in [-0.2, 0) is 10.0 Å². The van der Waals surface area contributed by atoms with Crippen molar-refractivity contribution in [2.24, 2.45) is 0 Å². The number of halogens is 1. The van der Waals surface area contributed by atoms with Gasteiger partial charge in [0.1, 0.15) is 22.2 Å². The molecule has 7 nitrogen and oxygen atoms in total.